The lowest BCUT2D eigenvalue weighted by Crippen LogP contribution is -2.40. The number of nitrogens with one attached hydrogen (secondary N) is 2. The van der Waals surface area contributed by atoms with Gasteiger partial charge < -0.3 is 20.7 Å². The number of rotatable bonds is 11. The number of nitrogens with zero attached hydrogens (tertiary/aromatic N) is 2. The van der Waals surface area contributed by atoms with E-state index in [9.17, 15) is 14.4 Å². The predicted octanol–water partition coefficient (Wildman–Crippen LogP) is 2.42. The van der Waals surface area contributed by atoms with Crippen molar-refractivity contribution in [2.45, 2.75) is 46.6 Å². The lowest BCUT2D eigenvalue weighted by Gasteiger charge is -2.26. The van der Waals surface area contributed by atoms with E-state index in [0.29, 0.717) is 24.5 Å². The van der Waals surface area contributed by atoms with Gasteiger partial charge in [0.1, 0.15) is 17.3 Å². The van der Waals surface area contributed by atoms with Crippen molar-refractivity contribution in [3.05, 3.63) is 45.1 Å². The van der Waals surface area contributed by atoms with Crippen molar-refractivity contribution in [3.8, 4) is 5.75 Å². The molecule has 9 heteroatoms. The third kappa shape index (κ3) is 6.37. The second-order valence-electron chi connectivity index (χ2n) is 7.84. The van der Waals surface area contributed by atoms with E-state index in [1.807, 2.05) is 32.9 Å². The number of hydrogen-bond acceptors (Lipinski definition) is 6. The summed E-state index contributed by atoms with van der Waals surface area (Å²) in [6.07, 6.45) is 1.87. The van der Waals surface area contributed by atoms with Crippen molar-refractivity contribution >= 4 is 23.1 Å². The lowest BCUT2D eigenvalue weighted by molar-refractivity contribution is -0.116. The van der Waals surface area contributed by atoms with Crippen LogP contribution in [0.25, 0.3) is 0 Å². The second kappa shape index (κ2) is 11.2. The number of amides is 1. The molecule has 9 nitrogen and oxygen atoms in total. The van der Waals surface area contributed by atoms with E-state index >= 15 is 0 Å². The molecule has 0 bridgehead atoms. The smallest absolute Gasteiger partial charge is 0.330 e. The van der Waals surface area contributed by atoms with Crippen molar-refractivity contribution in [1.82, 2.24) is 9.55 Å². The van der Waals surface area contributed by atoms with Crippen LogP contribution in [-0.4, -0.2) is 35.7 Å². The minimum atomic E-state index is -0.538. The average Bonchev–Trinajstić information content (AvgIpc) is 2.72. The summed E-state index contributed by atoms with van der Waals surface area (Å²) in [6.45, 7) is 7.20. The van der Waals surface area contributed by atoms with Gasteiger partial charge in [-0.15, -0.1) is 0 Å². The zero-order chi connectivity index (χ0) is 23.0. The average molecular weight is 432 g/mol. The molecule has 2 aromatic rings. The zero-order valence-electron chi connectivity index (χ0n) is 18.7. The predicted molar refractivity (Wildman–Crippen MR) is 124 cm³/mol. The van der Waals surface area contributed by atoms with Crippen LogP contribution in [0.15, 0.2) is 33.9 Å². The topological polar surface area (TPSA) is 122 Å². The van der Waals surface area contributed by atoms with Crippen molar-refractivity contribution in [1.29, 1.82) is 0 Å². The number of nitrogen functional groups attached to an aromatic ring is 1. The number of carbonyl (C=O) groups excluding carboxylic acids is 1. The Morgan fingerprint density at radius 3 is 2.61 bits per heavy atom. The molecule has 0 spiro atoms. The minimum absolute atomic E-state index is 0.128. The molecule has 31 heavy (non-hydrogen) atoms. The number of H-pyrrole nitrogens is 1. The van der Waals surface area contributed by atoms with Crippen LogP contribution in [-0.2, 0) is 11.3 Å². The van der Waals surface area contributed by atoms with Crippen LogP contribution in [0.5, 0.6) is 5.75 Å². The number of nitrogens with two attached hydrogens (primary N) is 1. The first-order valence-corrected chi connectivity index (χ1v) is 10.6. The van der Waals surface area contributed by atoms with E-state index in [0.717, 1.165) is 12.8 Å². The molecule has 0 unspecified atom stereocenters. The van der Waals surface area contributed by atoms with Gasteiger partial charge in [-0.3, -0.25) is 19.1 Å². The van der Waals surface area contributed by atoms with Gasteiger partial charge in [-0.2, -0.15) is 0 Å². The van der Waals surface area contributed by atoms with Gasteiger partial charge in [0.15, 0.2) is 0 Å². The Hall–Kier alpha value is -3.23. The maximum absolute atomic E-state index is 12.6. The number of methoxy groups -OCH3 is 1. The molecule has 2 rings (SSSR count). The Morgan fingerprint density at radius 2 is 1.97 bits per heavy atom. The van der Waals surface area contributed by atoms with Crippen molar-refractivity contribution < 1.29 is 9.53 Å². The largest absolute Gasteiger partial charge is 0.495 e. The first-order valence-electron chi connectivity index (χ1n) is 10.6. The molecule has 1 aromatic carbocycles. The first kappa shape index (κ1) is 24.0. The number of ether oxygens (including phenoxy) is 1. The molecule has 1 aromatic heterocycles. The van der Waals surface area contributed by atoms with Crippen molar-refractivity contribution in [3.63, 3.8) is 0 Å². The van der Waals surface area contributed by atoms with Crippen molar-refractivity contribution in [2.24, 2.45) is 5.92 Å². The number of hydrogen-bond donors (Lipinski definition) is 3. The van der Waals surface area contributed by atoms with Gasteiger partial charge in [0.05, 0.1) is 12.8 Å². The summed E-state index contributed by atoms with van der Waals surface area (Å²) in [5.74, 6) is 0.662. The molecular weight excluding hydrogens is 398 g/mol. The molecule has 0 aliphatic carbocycles. The van der Waals surface area contributed by atoms with Gasteiger partial charge in [0.2, 0.25) is 5.91 Å². The molecule has 4 N–H and O–H groups in total. The molecule has 0 saturated heterocycles. The number of aromatic amines is 1. The Labute approximate surface area is 182 Å². The molecule has 0 aliphatic rings. The fraction of sp³-hybridized carbons (Fsp3) is 0.500. The number of unbranched alkanes of at least 4 members (excludes halogenated alkanes) is 1. The number of carbonyl (C=O) groups is 1. The van der Waals surface area contributed by atoms with Gasteiger partial charge in [0.25, 0.3) is 5.56 Å². The summed E-state index contributed by atoms with van der Waals surface area (Å²) >= 11 is 0. The maximum Gasteiger partial charge on any atom is 0.330 e. The normalized spacial score (nSPS) is 10.9. The van der Waals surface area contributed by atoms with Crippen LogP contribution in [0.4, 0.5) is 17.2 Å². The molecule has 0 saturated carbocycles. The van der Waals surface area contributed by atoms with E-state index in [-0.39, 0.29) is 36.3 Å². The van der Waals surface area contributed by atoms with E-state index in [1.165, 1.54) is 4.57 Å². The Balaban J connectivity index is 2.25. The van der Waals surface area contributed by atoms with Crippen molar-refractivity contribution in [2.75, 3.05) is 36.1 Å². The summed E-state index contributed by atoms with van der Waals surface area (Å²) in [5, 5.41) is 2.84. The molecule has 0 aliphatic heterocycles. The molecule has 170 valence electrons. The summed E-state index contributed by atoms with van der Waals surface area (Å²) < 4.78 is 6.65. The number of aromatic nitrogens is 2. The Bertz CT molecular complexity index is 996. The number of para-hydroxylation sites is 2. The van der Waals surface area contributed by atoms with Crippen LogP contribution in [0, 0.1) is 5.92 Å². The summed E-state index contributed by atoms with van der Waals surface area (Å²) in [6, 6.07) is 7.16. The van der Waals surface area contributed by atoms with Crippen LogP contribution in [0.3, 0.4) is 0 Å². The quantitative estimate of drug-likeness (QED) is 0.502. The third-order valence-corrected chi connectivity index (χ3v) is 4.85. The highest BCUT2D eigenvalue weighted by atomic mass is 16.5. The number of anilines is 3. The van der Waals surface area contributed by atoms with Gasteiger partial charge in [-0.05, 0) is 24.5 Å². The van der Waals surface area contributed by atoms with Gasteiger partial charge in [-0.25, -0.2) is 4.79 Å². The van der Waals surface area contributed by atoms with Gasteiger partial charge >= 0.3 is 5.69 Å². The Morgan fingerprint density at radius 1 is 1.26 bits per heavy atom. The summed E-state index contributed by atoms with van der Waals surface area (Å²) in [5.41, 5.74) is 6.01. The highest BCUT2D eigenvalue weighted by Crippen LogP contribution is 2.23. The first-order chi connectivity index (χ1) is 14.8. The van der Waals surface area contributed by atoms with E-state index in [2.05, 4.69) is 10.3 Å². The number of benzene rings is 1. The molecule has 1 amide bonds. The second-order valence-corrected chi connectivity index (χ2v) is 7.84. The van der Waals surface area contributed by atoms with E-state index in [4.69, 9.17) is 10.5 Å². The Kier molecular flexibility index (Phi) is 8.72. The highest BCUT2D eigenvalue weighted by molar-refractivity contribution is 5.92. The summed E-state index contributed by atoms with van der Waals surface area (Å²) in [4.78, 5) is 41.6. The van der Waals surface area contributed by atoms with Crippen LogP contribution in [0.2, 0.25) is 0 Å². The van der Waals surface area contributed by atoms with Crippen LogP contribution >= 0.6 is 0 Å². The van der Waals surface area contributed by atoms with Crippen LogP contribution < -0.4 is 31.9 Å². The van der Waals surface area contributed by atoms with Gasteiger partial charge in [0, 0.05) is 26.1 Å². The van der Waals surface area contributed by atoms with E-state index < -0.39 is 11.2 Å². The highest BCUT2D eigenvalue weighted by Gasteiger charge is 2.20. The minimum Gasteiger partial charge on any atom is -0.495 e. The molecule has 0 fully saturated rings. The van der Waals surface area contributed by atoms with Crippen LogP contribution in [0.1, 0.15) is 40.0 Å². The standard InChI is InChI=1S/C22H33N5O4/c1-5-6-12-26(13-11-18(28)24-16-9-7-8-10-17(16)31-4)19-20(23)27(14-15(2)3)22(30)25-21(19)29/h7-10,15H,5-6,11-14,23H2,1-4H3,(H,24,28)(H,25,29,30). The zero-order valence-corrected chi connectivity index (χ0v) is 18.7. The SMILES string of the molecule is CCCCN(CCC(=O)Nc1ccccc1OC)c1c(N)n(CC(C)C)c(=O)[nH]c1=O. The third-order valence-electron chi connectivity index (χ3n) is 4.85. The molecule has 0 radical (unpaired) electrons. The molecule has 1 heterocycles. The summed E-state index contributed by atoms with van der Waals surface area (Å²) in [7, 11) is 1.54. The fourth-order valence-electron chi connectivity index (χ4n) is 3.31. The maximum atomic E-state index is 12.6. The monoisotopic (exact) mass is 431 g/mol. The van der Waals surface area contributed by atoms with Gasteiger partial charge in [-0.1, -0.05) is 39.3 Å². The fourth-order valence-corrected chi connectivity index (χ4v) is 3.31. The molecular formula is C22H33N5O4. The lowest BCUT2D eigenvalue weighted by atomic mass is 10.2. The van der Waals surface area contributed by atoms with E-state index in [1.54, 1.807) is 24.1 Å². The molecule has 0 atom stereocenters.